The summed E-state index contributed by atoms with van der Waals surface area (Å²) in [4.78, 5) is 31.0. The highest BCUT2D eigenvalue weighted by Crippen LogP contribution is 2.19. The molecule has 0 saturated heterocycles. The van der Waals surface area contributed by atoms with E-state index in [1.54, 1.807) is 0 Å². The first-order valence-corrected chi connectivity index (χ1v) is 3.89. The van der Waals surface area contributed by atoms with Crippen LogP contribution in [0.5, 0.6) is 0 Å². The van der Waals surface area contributed by atoms with E-state index in [1.807, 2.05) is 0 Å². The van der Waals surface area contributed by atoms with E-state index in [0.29, 0.717) is 0 Å². The summed E-state index contributed by atoms with van der Waals surface area (Å²) in [5, 5.41) is 52.3. The zero-order valence-electron chi connectivity index (χ0n) is 7.77. The van der Waals surface area contributed by atoms with Gasteiger partial charge in [-0.3, -0.25) is 4.79 Å². The maximum atomic E-state index is 10.5. The average Bonchev–Trinajstić information content (AvgIpc) is 2.13. The molecule has 0 aliphatic carbocycles. The third-order valence-corrected chi connectivity index (χ3v) is 1.83. The Morgan fingerprint density at radius 1 is 1.06 bits per heavy atom. The second-order valence-electron chi connectivity index (χ2n) is 3.03. The van der Waals surface area contributed by atoms with Crippen molar-refractivity contribution in [2.75, 3.05) is 0 Å². The van der Waals surface area contributed by atoms with Crippen molar-refractivity contribution in [2.24, 2.45) is 0 Å². The number of carbonyl (C=O) groups is 3. The molecule has 3 atom stereocenters. The summed E-state index contributed by atoms with van der Waals surface area (Å²) < 4.78 is 0. The molecule has 0 aromatic heterocycles. The highest BCUT2D eigenvalue weighted by molar-refractivity contribution is 5.86. The highest BCUT2D eigenvalue weighted by Gasteiger charge is 2.50. The Morgan fingerprint density at radius 2 is 1.50 bits per heavy atom. The molecule has 6 N–H and O–H groups in total. The number of carboxylic acid groups (broad SMARTS) is 3. The van der Waals surface area contributed by atoms with Crippen LogP contribution < -0.4 is 0 Å². The largest absolute Gasteiger partial charge is 0.481 e. The van der Waals surface area contributed by atoms with Crippen molar-refractivity contribution in [1.82, 2.24) is 0 Å². The Hall–Kier alpha value is -1.71. The van der Waals surface area contributed by atoms with E-state index in [9.17, 15) is 19.5 Å². The average molecular weight is 238 g/mol. The smallest absolute Gasteiger partial charge is 0.339 e. The van der Waals surface area contributed by atoms with Crippen molar-refractivity contribution in [3.05, 3.63) is 0 Å². The molecule has 0 rings (SSSR count). The quantitative estimate of drug-likeness (QED) is 0.283. The SMILES string of the molecule is O=C(O)CC(O)(C(=O)O)C(O)C(O)C(=O)O. The van der Waals surface area contributed by atoms with Gasteiger partial charge in [-0.05, 0) is 0 Å². The van der Waals surface area contributed by atoms with Gasteiger partial charge in [-0.15, -0.1) is 0 Å². The molecule has 0 aromatic rings. The fraction of sp³-hybridized carbons (Fsp3) is 0.571. The standard InChI is InChI=1S/C7H10O9/c8-2(9)1-7(16,6(14)15)4(11)3(10)5(12)13/h3-4,10-11,16H,1H2,(H,8,9)(H,12,13)(H,14,15). The number of hydrogen-bond acceptors (Lipinski definition) is 6. The normalized spacial score (nSPS) is 18.2. The minimum atomic E-state index is -3.27. The zero-order valence-corrected chi connectivity index (χ0v) is 7.77. The summed E-state index contributed by atoms with van der Waals surface area (Å²) in [6, 6.07) is 0. The summed E-state index contributed by atoms with van der Waals surface area (Å²) in [6.45, 7) is 0. The maximum absolute atomic E-state index is 10.5. The van der Waals surface area contributed by atoms with E-state index in [-0.39, 0.29) is 0 Å². The van der Waals surface area contributed by atoms with Crippen LogP contribution in [0.4, 0.5) is 0 Å². The van der Waals surface area contributed by atoms with E-state index in [1.165, 1.54) is 0 Å². The Kier molecular flexibility index (Phi) is 4.35. The zero-order chi connectivity index (χ0) is 13.1. The predicted molar refractivity (Wildman–Crippen MR) is 44.5 cm³/mol. The summed E-state index contributed by atoms with van der Waals surface area (Å²) in [6.07, 6.45) is -6.73. The Morgan fingerprint density at radius 3 is 1.75 bits per heavy atom. The molecule has 0 saturated carbocycles. The number of aliphatic carboxylic acids is 3. The number of aliphatic hydroxyl groups is 3. The second kappa shape index (κ2) is 4.88. The maximum Gasteiger partial charge on any atom is 0.339 e. The van der Waals surface area contributed by atoms with Gasteiger partial charge in [0, 0.05) is 0 Å². The van der Waals surface area contributed by atoms with Crippen LogP contribution in [0.25, 0.3) is 0 Å². The van der Waals surface area contributed by atoms with Crippen molar-refractivity contribution < 1.29 is 45.0 Å². The van der Waals surface area contributed by atoms with Crippen LogP contribution in [0, 0.1) is 0 Å². The summed E-state index contributed by atoms with van der Waals surface area (Å²) in [7, 11) is 0. The van der Waals surface area contributed by atoms with Crippen LogP contribution in [0.3, 0.4) is 0 Å². The van der Waals surface area contributed by atoms with E-state index >= 15 is 0 Å². The van der Waals surface area contributed by atoms with Gasteiger partial charge in [0.2, 0.25) is 5.60 Å². The van der Waals surface area contributed by atoms with Gasteiger partial charge in [0.25, 0.3) is 0 Å². The molecule has 0 aromatic carbocycles. The van der Waals surface area contributed by atoms with E-state index in [2.05, 4.69) is 0 Å². The predicted octanol–water partition coefficient (Wildman–Crippen LogP) is -2.92. The van der Waals surface area contributed by atoms with Crippen LogP contribution in [0.1, 0.15) is 6.42 Å². The van der Waals surface area contributed by atoms with Gasteiger partial charge in [0.1, 0.15) is 6.10 Å². The second-order valence-corrected chi connectivity index (χ2v) is 3.03. The van der Waals surface area contributed by atoms with Crippen molar-refractivity contribution in [2.45, 2.75) is 24.2 Å². The summed E-state index contributed by atoms with van der Waals surface area (Å²) >= 11 is 0. The Bertz CT molecular complexity index is 311. The van der Waals surface area contributed by atoms with Gasteiger partial charge < -0.3 is 30.6 Å². The number of carboxylic acids is 3. The molecule has 9 nitrogen and oxygen atoms in total. The van der Waals surface area contributed by atoms with Gasteiger partial charge >= 0.3 is 17.9 Å². The molecule has 0 fully saturated rings. The van der Waals surface area contributed by atoms with Crippen molar-refractivity contribution >= 4 is 17.9 Å². The molecule has 0 bridgehead atoms. The molecule has 0 amide bonds. The molecule has 92 valence electrons. The monoisotopic (exact) mass is 238 g/mol. The highest BCUT2D eigenvalue weighted by atomic mass is 16.4. The summed E-state index contributed by atoms with van der Waals surface area (Å²) in [5.74, 6) is -5.91. The first-order valence-electron chi connectivity index (χ1n) is 3.89. The van der Waals surface area contributed by atoms with Crippen molar-refractivity contribution in [3.63, 3.8) is 0 Å². The van der Waals surface area contributed by atoms with E-state index < -0.39 is 42.1 Å². The lowest BCUT2D eigenvalue weighted by atomic mass is 9.89. The lowest BCUT2D eigenvalue weighted by molar-refractivity contribution is -0.192. The topological polar surface area (TPSA) is 173 Å². The van der Waals surface area contributed by atoms with Crippen LogP contribution >= 0.6 is 0 Å². The number of aliphatic hydroxyl groups excluding tert-OH is 2. The molecular weight excluding hydrogens is 228 g/mol. The molecule has 0 spiro atoms. The van der Waals surface area contributed by atoms with Crippen LogP contribution in [0.2, 0.25) is 0 Å². The third kappa shape index (κ3) is 2.89. The summed E-state index contributed by atoms with van der Waals surface area (Å²) in [5.41, 5.74) is -3.27. The number of rotatable bonds is 6. The fourth-order valence-electron chi connectivity index (χ4n) is 0.933. The molecule has 16 heavy (non-hydrogen) atoms. The van der Waals surface area contributed by atoms with Crippen molar-refractivity contribution in [1.29, 1.82) is 0 Å². The molecule has 0 aliphatic rings. The van der Waals surface area contributed by atoms with E-state index in [0.717, 1.165) is 0 Å². The lowest BCUT2D eigenvalue weighted by Crippen LogP contribution is -2.57. The molecule has 0 aliphatic heterocycles. The van der Waals surface area contributed by atoms with Crippen LogP contribution in [-0.2, 0) is 14.4 Å². The molecular formula is C7H10O9. The molecule has 0 heterocycles. The van der Waals surface area contributed by atoms with Crippen LogP contribution in [0.15, 0.2) is 0 Å². The molecule has 0 radical (unpaired) electrons. The van der Waals surface area contributed by atoms with Crippen LogP contribution in [-0.4, -0.2) is 66.4 Å². The fourth-order valence-corrected chi connectivity index (χ4v) is 0.933. The Labute approximate surface area is 88.2 Å². The third-order valence-electron chi connectivity index (χ3n) is 1.83. The minimum Gasteiger partial charge on any atom is -0.481 e. The minimum absolute atomic E-state index is 1.45. The molecule has 9 heteroatoms. The molecule has 3 unspecified atom stereocenters. The van der Waals surface area contributed by atoms with Crippen molar-refractivity contribution in [3.8, 4) is 0 Å². The van der Waals surface area contributed by atoms with Gasteiger partial charge in [0.15, 0.2) is 6.10 Å². The Balaban J connectivity index is 5.12. The van der Waals surface area contributed by atoms with Gasteiger partial charge in [-0.1, -0.05) is 0 Å². The first-order chi connectivity index (χ1) is 7.12. The first kappa shape index (κ1) is 14.3. The van der Waals surface area contributed by atoms with Gasteiger partial charge in [-0.25, -0.2) is 9.59 Å². The number of hydrogen-bond donors (Lipinski definition) is 6. The lowest BCUT2D eigenvalue weighted by Gasteiger charge is -2.28. The van der Waals surface area contributed by atoms with E-state index in [4.69, 9.17) is 25.5 Å². The van der Waals surface area contributed by atoms with Gasteiger partial charge in [0.05, 0.1) is 6.42 Å². The van der Waals surface area contributed by atoms with Gasteiger partial charge in [-0.2, -0.15) is 0 Å².